The zero-order valence-corrected chi connectivity index (χ0v) is 11.0. The molecular weight excluding hydrogens is 216 g/mol. The molecule has 0 unspecified atom stereocenters. The summed E-state index contributed by atoms with van der Waals surface area (Å²) in [5.41, 5.74) is 0. The molecule has 3 aliphatic rings. The Kier molecular flexibility index (Phi) is 3.75. The van der Waals surface area contributed by atoms with Crippen LogP contribution in [0.5, 0.6) is 0 Å². The second kappa shape index (κ2) is 5.28. The quantitative estimate of drug-likeness (QED) is 0.813. The lowest BCUT2D eigenvalue weighted by Crippen LogP contribution is -2.50. The number of hydrogen-bond acceptors (Lipinski definition) is 3. The Bertz CT molecular complexity index is 200. The van der Waals surface area contributed by atoms with Gasteiger partial charge in [0, 0.05) is 18.1 Å². The lowest BCUT2D eigenvalue weighted by molar-refractivity contribution is 0.0933. The number of hydrogen-bond donors (Lipinski definition) is 1. The van der Waals surface area contributed by atoms with E-state index >= 15 is 0 Å². The third-order valence-electron chi connectivity index (χ3n) is 4.31. The first-order valence-corrected chi connectivity index (χ1v) is 8.16. The molecule has 1 aliphatic carbocycles. The monoisotopic (exact) mass is 240 g/mol. The third kappa shape index (κ3) is 2.57. The maximum absolute atomic E-state index is 3.50. The van der Waals surface area contributed by atoms with Crippen LogP contribution in [-0.2, 0) is 0 Å². The van der Waals surface area contributed by atoms with Crippen LogP contribution in [0, 0.1) is 0 Å². The fourth-order valence-corrected chi connectivity index (χ4v) is 4.44. The molecule has 0 atom stereocenters. The van der Waals surface area contributed by atoms with Gasteiger partial charge in [-0.3, -0.25) is 4.90 Å². The maximum atomic E-state index is 3.50. The van der Waals surface area contributed by atoms with Gasteiger partial charge in [0.15, 0.2) is 0 Å². The van der Waals surface area contributed by atoms with Gasteiger partial charge in [0.25, 0.3) is 0 Å². The standard InChI is InChI=1S/C13H24N2S/c1-2-11(1)15(12-3-7-14-8-4-12)13-5-9-16-10-6-13/h11-14H,1-10H2. The summed E-state index contributed by atoms with van der Waals surface area (Å²) >= 11 is 2.16. The number of rotatable bonds is 3. The van der Waals surface area contributed by atoms with E-state index in [1.807, 2.05) is 0 Å². The van der Waals surface area contributed by atoms with Crippen LogP contribution in [0.3, 0.4) is 0 Å². The highest BCUT2D eigenvalue weighted by Crippen LogP contribution is 2.36. The average molecular weight is 240 g/mol. The highest BCUT2D eigenvalue weighted by atomic mass is 32.2. The largest absolute Gasteiger partial charge is 0.317 e. The van der Waals surface area contributed by atoms with Crippen molar-refractivity contribution in [1.29, 1.82) is 0 Å². The highest BCUT2D eigenvalue weighted by Gasteiger charge is 2.38. The Balaban J connectivity index is 1.64. The second-order valence-corrected chi connectivity index (χ2v) is 6.73. The Hall–Kier alpha value is 0.270. The van der Waals surface area contributed by atoms with Gasteiger partial charge in [0.2, 0.25) is 0 Å². The number of thioether (sulfide) groups is 1. The van der Waals surface area contributed by atoms with Crippen molar-refractivity contribution in [2.75, 3.05) is 24.6 Å². The van der Waals surface area contributed by atoms with Crippen molar-refractivity contribution in [2.45, 2.75) is 56.7 Å². The van der Waals surface area contributed by atoms with Gasteiger partial charge >= 0.3 is 0 Å². The van der Waals surface area contributed by atoms with E-state index in [9.17, 15) is 0 Å². The normalized spacial score (nSPS) is 29.8. The van der Waals surface area contributed by atoms with Gasteiger partial charge in [-0.05, 0) is 63.1 Å². The van der Waals surface area contributed by atoms with Crippen LogP contribution in [0.2, 0.25) is 0 Å². The van der Waals surface area contributed by atoms with E-state index in [-0.39, 0.29) is 0 Å². The van der Waals surface area contributed by atoms with Gasteiger partial charge in [-0.1, -0.05) is 0 Å². The molecule has 2 saturated heterocycles. The minimum Gasteiger partial charge on any atom is -0.317 e. The molecule has 3 heteroatoms. The van der Waals surface area contributed by atoms with Gasteiger partial charge in [-0.2, -0.15) is 11.8 Å². The zero-order chi connectivity index (χ0) is 10.8. The van der Waals surface area contributed by atoms with Crippen LogP contribution in [-0.4, -0.2) is 47.6 Å². The summed E-state index contributed by atoms with van der Waals surface area (Å²) in [7, 11) is 0. The van der Waals surface area contributed by atoms with Crippen LogP contribution in [0.1, 0.15) is 38.5 Å². The summed E-state index contributed by atoms with van der Waals surface area (Å²) in [4.78, 5) is 2.94. The van der Waals surface area contributed by atoms with Crippen LogP contribution < -0.4 is 5.32 Å². The van der Waals surface area contributed by atoms with Crippen molar-refractivity contribution >= 4 is 11.8 Å². The van der Waals surface area contributed by atoms with Crippen molar-refractivity contribution < 1.29 is 0 Å². The summed E-state index contributed by atoms with van der Waals surface area (Å²) in [5, 5.41) is 3.50. The number of piperidine rings is 1. The van der Waals surface area contributed by atoms with Gasteiger partial charge in [-0.15, -0.1) is 0 Å². The number of nitrogens with one attached hydrogen (secondary N) is 1. The molecule has 0 aromatic rings. The van der Waals surface area contributed by atoms with Gasteiger partial charge in [-0.25, -0.2) is 0 Å². The molecule has 2 aliphatic heterocycles. The van der Waals surface area contributed by atoms with Crippen LogP contribution >= 0.6 is 11.8 Å². The molecule has 0 amide bonds. The Labute approximate surface area is 104 Å². The van der Waals surface area contributed by atoms with E-state index in [1.165, 1.54) is 63.1 Å². The molecule has 3 rings (SSSR count). The molecule has 2 nitrogen and oxygen atoms in total. The maximum Gasteiger partial charge on any atom is 0.0125 e. The molecule has 0 bridgehead atoms. The fourth-order valence-electron chi connectivity index (χ4n) is 3.36. The zero-order valence-electron chi connectivity index (χ0n) is 10.2. The van der Waals surface area contributed by atoms with Crippen LogP contribution in [0.15, 0.2) is 0 Å². The Morgan fingerprint density at radius 3 is 1.94 bits per heavy atom. The lowest BCUT2D eigenvalue weighted by Gasteiger charge is -2.42. The van der Waals surface area contributed by atoms with Gasteiger partial charge < -0.3 is 5.32 Å². The molecule has 0 aromatic heterocycles. The predicted octanol–water partition coefficient (Wildman–Crippen LogP) is 2.10. The topological polar surface area (TPSA) is 15.3 Å². The molecule has 92 valence electrons. The summed E-state index contributed by atoms with van der Waals surface area (Å²) < 4.78 is 0. The van der Waals surface area contributed by atoms with Gasteiger partial charge in [0.1, 0.15) is 0 Å². The second-order valence-electron chi connectivity index (χ2n) is 5.50. The first-order chi connectivity index (χ1) is 7.95. The van der Waals surface area contributed by atoms with Crippen molar-refractivity contribution in [3.05, 3.63) is 0 Å². The summed E-state index contributed by atoms with van der Waals surface area (Å²) in [6, 6.07) is 2.80. The molecule has 0 spiro atoms. The van der Waals surface area contributed by atoms with Crippen LogP contribution in [0.4, 0.5) is 0 Å². The smallest absolute Gasteiger partial charge is 0.0125 e. The Morgan fingerprint density at radius 2 is 1.31 bits per heavy atom. The summed E-state index contributed by atoms with van der Waals surface area (Å²) in [5.74, 6) is 2.80. The minimum absolute atomic E-state index is 0.904. The fraction of sp³-hybridized carbons (Fsp3) is 1.00. The average Bonchev–Trinajstić information content (AvgIpc) is 3.17. The Morgan fingerprint density at radius 1 is 0.750 bits per heavy atom. The minimum atomic E-state index is 0.904. The molecule has 1 saturated carbocycles. The van der Waals surface area contributed by atoms with Crippen molar-refractivity contribution in [3.8, 4) is 0 Å². The summed E-state index contributed by atoms with van der Waals surface area (Å²) in [6.07, 6.45) is 8.64. The van der Waals surface area contributed by atoms with E-state index in [4.69, 9.17) is 0 Å². The van der Waals surface area contributed by atoms with Crippen molar-refractivity contribution in [1.82, 2.24) is 10.2 Å². The highest BCUT2D eigenvalue weighted by molar-refractivity contribution is 7.99. The molecule has 3 fully saturated rings. The molecule has 1 N–H and O–H groups in total. The van der Waals surface area contributed by atoms with E-state index in [0.29, 0.717) is 0 Å². The summed E-state index contributed by atoms with van der Waals surface area (Å²) in [6.45, 7) is 2.49. The lowest BCUT2D eigenvalue weighted by atomic mass is 9.99. The van der Waals surface area contributed by atoms with Crippen LogP contribution in [0.25, 0.3) is 0 Å². The molecule has 2 heterocycles. The van der Waals surface area contributed by atoms with E-state index in [0.717, 1.165) is 18.1 Å². The molecule has 0 radical (unpaired) electrons. The first kappa shape index (κ1) is 11.4. The first-order valence-electron chi connectivity index (χ1n) is 7.01. The van der Waals surface area contributed by atoms with E-state index in [2.05, 4.69) is 22.0 Å². The predicted molar refractivity (Wildman–Crippen MR) is 71.1 cm³/mol. The van der Waals surface area contributed by atoms with E-state index < -0.39 is 0 Å². The molecule has 0 aromatic carbocycles. The molecule has 16 heavy (non-hydrogen) atoms. The van der Waals surface area contributed by atoms with Gasteiger partial charge in [0.05, 0.1) is 0 Å². The van der Waals surface area contributed by atoms with E-state index in [1.54, 1.807) is 0 Å². The van der Waals surface area contributed by atoms with Crippen molar-refractivity contribution in [2.24, 2.45) is 0 Å². The van der Waals surface area contributed by atoms with Crippen molar-refractivity contribution in [3.63, 3.8) is 0 Å². The third-order valence-corrected chi connectivity index (χ3v) is 5.36. The molecular formula is C13H24N2S. The number of nitrogens with zero attached hydrogens (tertiary/aromatic N) is 1. The SMILES string of the molecule is C1CC(N(C2CCSCC2)C2CC2)CCN1.